The molecule has 4 heteroatoms. The molecule has 4 rings (SSSR count). The van der Waals surface area contributed by atoms with Crippen LogP contribution >= 0.6 is 0 Å². The zero-order valence-electron chi connectivity index (χ0n) is 17.9. The molecule has 2 aliphatic rings. The lowest BCUT2D eigenvalue weighted by Gasteiger charge is -2.34. The largest absolute Gasteiger partial charge is 0.491 e. The van der Waals surface area contributed by atoms with Gasteiger partial charge in [0.05, 0.1) is 6.10 Å². The predicted molar refractivity (Wildman–Crippen MR) is 118 cm³/mol. The Morgan fingerprint density at radius 2 is 1.63 bits per heavy atom. The molecule has 0 saturated heterocycles. The van der Waals surface area contributed by atoms with Gasteiger partial charge in [-0.1, -0.05) is 48.9 Å². The molecule has 156 valence electrons. The molecule has 1 aliphatic heterocycles. The minimum atomic E-state index is -0.183. The van der Waals surface area contributed by atoms with E-state index >= 15 is 0 Å². The first-order valence-corrected chi connectivity index (χ1v) is 10.8. The molecule has 0 aromatic heterocycles. The number of ketones is 1. The number of aryl methyl sites for hydroxylation is 1. The molecule has 0 saturated carbocycles. The molecule has 1 aliphatic carbocycles. The summed E-state index contributed by atoms with van der Waals surface area (Å²) in [6, 6.07) is 16.2. The van der Waals surface area contributed by atoms with Crippen LogP contribution in [0.2, 0.25) is 0 Å². The Morgan fingerprint density at radius 3 is 2.30 bits per heavy atom. The van der Waals surface area contributed by atoms with Gasteiger partial charge in [0, 0.05) is 30.0 Å². The molecule has 1 heterocycles. The monoisotopic (exact) mass is 403 g/mol. The van der Waals surface area contributed by atoms with Gasteiger partial charge < -0.3 is 10.1 Å². The highest BCUT2D eigenvalue weighted by Crippen LogP contribution is 2.42. The van der Waals surface area contributed by atoms with Gasteiger partial charge in [-0.3, -0.25) is 9.59 Å². The molecule has 0 radical (unpaired) electrons. The molecule has 30 heavy (non-hydrogen) atoms. The highest BCUT2D eigenvalue weighted by Gasteiger charge is 2.38. The molecule has 3 unspecified atom stereocenters. The van der Waals surface area contributed by atoms with Crippen LogP contribution < -0.4 is 10.1 Å². The summed E-state index contributed by atoms with van der Waals surface area (Å²) in [4.78, 5) is 25.7. The third-order valence-corrected chi connectivity index (χ3v) is 6.28. The Kier molecular flexibility index (Phi) is 5.76. The highest BCUT2D eigenvalue weighted by atomic mass is 16.5. The summed E-state index contributed by atoms with van der Waals surface area (Å²) in [5, 5.41) is 3.00. The maximum atomic E-state index is 13.2. The number of carbonyl (C=O) groups is 2. The van der Waals surface area contributed by atoms with E-state index in [9.17, 15) is 9.59 Å². The second kappa shape index (κ2) is 8.47. The molecule has 0 spiro atoms. The van der Waals surface area contributed by atoms with Crippen molar-refractivity contribution in [2.24, 2.45) is 0 Å². The van der Waals surface area contributed by atoms with Crippen LogP contribution in [-0.2, 0) is 9.59 Å². The van der Waals surface area contributed by atoms with E-state index < -0.39 is 0 Å². The van der Waals surface area contributed by atoms with Gasteiger partial charge in [0.2, 0.25) is 5.91 Å². The van der Waals surface area contributed by atoms with Crippen molar-refractivity contribution in [2.75, 3.05) is 0 Å². The highest BCUT2D eigenvalue weighted by molar-refractivity contribution is 6.02. The first-order chi connectivity index (χ1) is 14.4. The Balaban J connectivity index is 1.61. The standard InChI is InChI=1S/C26H29NO3/c1-4-17(3)30-21-11-9-19(10-12-21)22-15-25(29)27-23-13-20(14-24(28)26(22)23)18-7-5-16(2)6-8-18/h5-12,17,20,22H,4,13-15H2,1-3H3,(H,27,29). The van der Waals surface area contributed by atoms with Crippen LogP contribution in [0.4, 0.5) is 0 Å². The van der Waals surface area contributed by atoms with E-state index in [1.165, 1.54) is 5.56 Å². The summed E-state index contributed by atoms with van der Waals surface area (Å²) < 4.78 is 5.87. The third kappa shape index (κ3) is 4.18. The van der Waals surface area contributed by atoms with Crippen molar-refractivity contribution >= 4 is 11.7 Å². The van der Waals surface area contributed by atoms with E-state index in [1.807, 2.05) is 31.2 Å². The third-order valence-electron chi connectivity index (χ3n) is 6.28. The van der Waals surface area contributed by atoms with E-state index in [1.54, 1.807) is 0 Å². The fourth-order valence-electron chi connectivity index (χ4n) is 4.41. The van der Waals surface area contributed by atoms with Crippen LogP contribution in [0.3, 0.4) is 0 Å². The number of carbonyl (C=O) groups excluding carboxylic acids is 2. The van der Waals surface area contributed by atoms with Gasteiger partial charge >= 0.3 is 0 Å². The summed E-state index contributed by atoms with van der Waals surface area (Å²) in [6.07, 6.45) is 2.60. The van der Waals surface area contributed by atoms with Gasteiger partial charge in [0.25, 0.3) is 0 Å². The summed E-state index contributed by atoms with van der Waals surface area (Å²) >= 11 is 0. The lowest BCUT2D eigenvalue weighted by Crippen LogP contribution is -2.38. The average Bonchev–Trinajstić information content (AvgIpc) is 2.73. The SMILES string of the molecule is CCC(C)Oc1ccc(C2CC(=O)NC3=C2C(=O)CC(c2ccc(C)cc2)C3)cc1. The molecule has 3 atom stereocenters. The summed E-state index contributed by atoms with van der Waals surface area (Å²) in [5.74, 6) is 0.875. The van der Waals surface area contributed by atoms with Gasteiger partial charge in [-0.25, -0.2) is 0 Å². The van der Waals surface area contributed by atoms with E-state index in [-0.39, 0.29) is 29.6 Å². The van der Waals surface area contributed by atoms with Crippen molar-refractivity contribution < 1.29 is 14.3 Å². The van der Waals surface area contributed by atoms with Crippen molar-refractivity contribution in [3.8, 4) is 5.75 Å². The second-order valence-electron chi connectivity index (χ2n) is 8.54. The molecule has 0 bridgehead atoms. The van der Waals surface area contributed by atoms with Crippen LogP contribution in [0.5, 0.6) is 5.75 Å². The molecular formula is C26H29NO3. The van der Waals surface area contributed by atoms with Gasteiger partial charge in [-0.05, 0) is 55.9 Å². The van der Waals surface area contributed by atoms with Gasteiger partial charge in [-0.15, -0.1) is 0 Å². The van der Waals surface area contributed by atoms with Crippen molar-refractivity contribution in [2.45, 2.75) is 64.4 Å². The first-order valence-electron chi connectivity index (χ1n) is 10.8. The van der Waals surface area contributed by atoms with E-state index in [0.29, 0.717) is 19.3 Å². The molecule has 0 fully saturated rings. The normalized spacial score (nSPS) is 22.4. The zero-order chi connectivity index (χ0) is 21.3. The molecule has 2 aromatic rings. The lowest BCUT2D eigenvalue weighted by molar-refractivity contribution is -0.122. The van der Waals surface area contributed by atoms with Crippen LogP contribution in [0.25, 0.3) is 0 Å². The number of benzene rings is 2. The molecule has 1 N–H and O–H groups in total. The van der Waals surface area contributed by atoms with Gasteiger partial charge in [0.1, 0.15) is 5.75 Å². The summed E-state index contributed by atoms with van der Waals surface area (Å²) in [5.41, 5.74) is 4.94. The van der Waals surface area contributed by atoms with E-state index in [0.717, 1.165) is 34.6 Å². The first kappa shape index (κ1) is 20.4. The van der Waals surface area contributed by atoms with Crippen LogP contribution in [-0.4, -0.2) is 17.8 Å². The number of rotatable bonds is 5. The number of amides is 1. The molecule has 2 aromatic carbocycles. The van der Waals surface area contributed by atoms with Crippen molar-refractivity contribution in [1.82, 2.24) is 5.32 Å². The second-order valence-corrected chi connectivity index (χ2v) is 8.54. The molecule has 1 amide bonds. The summed E-state index contributed by atoms with van der Waals surface area (Å²) in [6.45, 7) is 6.19. The molecule has 4 nitrogen and oxygen atoms in total. The van der Waals surface area contributed by atoms with Crippen molar-refractivity contribution in [3.63, 3.8) is 0 Å². The van der Waals surface area contributed by atoms with E-state index in [2.05, 4.69) is 43.4 Å². The summed E-state index contributed by atoms with van der Waals surface area (Å²) in [7, 11) is 0. The van der Waals surface area contributed by atoms with Gasteiger partial charge in [-0.2, -0.15) is 0 Å². The maximum absolute atomic E-state index is 13.2. The predicted octanol–water partition coefficient (Wildman–Crippen LogP) is 5.18. The minimum Gasteiger partial charge on any atom is -0.491 e. The lowest BCUT2D eigenvalue weighted by atomic mass is 9.73. The number of nitrogens with one attached hydrogen (secondary N) is 1. The minimum absolute atomic E-state index is 0.0176. The zero-order valence-corrected chi connectivity index (χ0v) is 17.9. The van der Waals surface area contributed by atoms with E-state index in [4.69, 9.17) is 4.74 Å². The van der Waals surface area contributed by atoms with Gasteiger partial charge in [0.15, 0.2) is 5.78 Å². The number of ether oxygens (including phenoxy) is 1. The average molecular weight is 404 g/mol. The number of hydrogen-bond donors (Lipinski definition) is 1. The van der Waals surface area contributed by atoms with Crippen LogP contribution in [0.15, 0.2) is 59.8 Å². The van der Waals surface area contributed by atoms with Crippen molar-refractivity contribution in [1.29, 1.82) is 0 Å². The molecular weight excluding hydrogens is 374 g/mol. The quantitative estimate of drug-likeness (QED) is 0.749. The Hall–Kier alpha value is -2.88. The number of Topliss-reactive ketones (excluding diaryl/α,β-unsaturated/α-hetero) is 1. The van der Waals surface area contributed by atoms with Crippen LogP contribution in [0.1, 0.15) is 68.1 Å². The number of hydrogen-bond acceptors (Lipinski definition) is 3. The van der Waals surface area contributed by atoms with Crippen LogP contribution in [0, 0.1) is 6.92 Å². The Bertz CT molecular complexity index is 972. The maximum Gasteiger partial charge on any atom is 0.225 e. The Labute approximate surface area is 178 Å². The number of allylic oxidation sites excluding steroid dienone is 2. The fourth-order valence-corrected chi connectivity index (χ4v) is 4.41. The smallest absolute Gasteiger partial charge is 0.225 e. The topological polar surface area (TPSA) is 55.4 Å². The van der Waals surface area contributed by atoms with Crippen molar-refractivity contribution in [3.05, 3.63) is 76.5 Å². The Morgan fingerprint density at radius 1 is 0.967 bits per heavy atom. The fraction of sp³-hybridized carbons (Fsp3) is 0.385.